The largest absolute Gasteiger partial charge is 0.391 e. The average Bonchev–Trinajstić information content (AvgIpc) is 2.80. The standard InChI is InChI=1S/C23H31N5O4/c1-26-13-6-8-17(23(26)32)22(31)24-15-16-7-4-5-14-27(16)20-11-12-21(30)28(25-20)18-9-2-3-10-19(18)29/h6,8,11-13,16,18-19,29H,2-5,7,9-10,14-15H2,1H3,(H,24,31). The van der Waals surface area contributed by atoms with Gasteiger partial charge in [-0.2, -0.15) is 5.10 Å². The molecule has 3 atom stereocenters. The van der Waals surface area contributed by atoms with Crippen LogP contribution in [0.5, 0.6) is 0 Å². The molecule has 2 fully saturated rings. The van der Waals surface area contributed by atoms with E-state index in [-0.39, 0.29) is 34.7 Å². The third-order valence-corrected chi connectivity index (χ3v) is 6.61. The van der Waals surface area contributed by atoms with Crippen molar-refractivity contribution in [1.29, 1.82) is 0 Å². The first-order valence-corrected chi connectivity index (χ1v) is 11.4. The molecular formula is C23H31N5O4. The predicted octanol–water partition coefficient (Wildman–Crippen LogP) is 1.21. The third-order valence-electron chi connectivity index (χ3n) is 6.61. The van der Waals surface area contributed by atoms with Crippen LogP contribution in [0.25, 0.3) is 0 Å². The SMILES string of the molecule is Cn1cccc(C(=O)NCC2CCCCN2c2ccc(=O)n(C3CCCCC3O)n2)c1=O. The van der Waals surface area contributed by atoms with Crippen LogP contribution in [0.15, 0.2) is 40.1 Å². The molecule has 1 saturated carbocycles. The van der Waals surface area contributed by atoms with Crippen LogP contribution in [0.4, 0.5) is 5.82 Å². The van der Waals surface area contributed by atoms with Gasteiger partial charge in [-0.3, -0.25) is 14.4 Å². The molecule has 9 nitrogen and oxygen atoms in total. The van der Waals surface area contributed by atoms with Crippen molar-refractivity contribution < 1.29 is 9.90 Å². The Morgan fingerprint density at radius 2 is 1.91 bits per heavy atom. The number of carbonyl (C=O) groups is 1. The second-order valence-electron chi connectivity index (χ2n) is 8.78. The lowest BCUT2D eigenvalue weighted by molar-refractivity contribution is 0.0669. The summed E-state index contributed by atoms with van der Waals surface area (Å²) in [7, 11) is 1.62. The Labute approximate surface area is 186 Å². The number of carbonyl (C=O) groups excluding carboxylic acids is 1. The lowest BCUT2D eigenvalue weighted by Gasteiger charge is -2.37. The molecule has 2 aliphatic rings. The molecule has 0 aromatic carbocycles. The van der Waals surface area contributed by atoms with Gasteiger partial charge in [-0.15, -0.1) is 0 Å². The van der Waals surface area contributed by atoms with Crippen molar-refractivity contribution in [2.45, 2.75) is 63.1 Å². The number of hydrogen-bond donors (Lipinski definition) is 2. The summed E-state index contributed by atoms with van der Waals surface area (Å²) in [5.41, 5.74) is -0.415. The fourth-order valence-corrected chi connectivity index (χ4v) is 4.77. The number of nitrogens with zero attached hydrogens (tertiary/aromatic N) is 4. The molecule has 3 unspecified atom stereocenters. The minimum atomic E-state index is -0.561. The zero-order chi connectivity index (χ0) is 22.7. The number of piperidine rings is 1. The van der Waals surface area contributed by atoms with Crippen LogP contribution < -0.4 is 21.3 Å². The number of amides is 1. The molecule has 172 valence electrons. The van der Waals surface area contributed by atoms with Gasteiger partial charge in [0.1, 0.15) is 11.4 Å². The molecule has 1 saturated heterocycles. The number of hydrogen-bond acceptors (Lipinski definition) is 6. The highest BCUT2D eigenvalue weighted by molar-refractivity contribution is 5.93. The van der Waals surface area contributed by atoms with Crippen LogP contribution in [0.2, 0.25) is 0 Å². The van der Waals surface area contributed by atoms with E-state index < -0.39 is 6.10 Å². The minimum Gasteiger partial charge on any atom is -0.391 e. The van der Waals surface area contributed by atoms with Crippen LogP contribution in [0.3, 0.4) is 0 Å². The number of aliphatic hydroxyl groups is 1. The molecule has 9 heteroatoms. The van der Waals surface area contributed by atoms with Crippen molar-refractivity contribution in [3.8, 4) is 0 Å². The summed E-state index contributed by atoms with van der Waals surface area (Å²) in [6, 6.07) is 6.16. The Balaban J connectivity index is 1.52. The van der Waals surface area contributed by atoms with Gasteiger partial charge < -0.3 is 19.9 Å². The summed E-state index contributed by atoms with van der Waals surface area (Å²) in [4.78, 5) is 39.5. The fraction of sp³-hybridized carbons (Fsp3) is 0.565. The lowest BCUT2D eigenvalue weighted by atomic mass is 9.93. The molecule has 1 amide bonds. The van der Waals surface area contributed by atoms with E-state index in [1.807, 2.05) is 0 Å². The maximum Gasteiger partial charge on any atom is 0.267 e. The van der Waals surface area contributed by atoms with Gasteiger partial charge in [-0.1, -0.05) is 12.8 Å². The van der Waals surface area contributed by atoms with Gasteiger partial charge in [0.15, 0.2) is 0 Å². The normalized spacial score (nSPS) is 23.7. The number of nitrogens with one attached hydrogen (secondary N) is 1. The highest BCUT2D eigenvalue weighted by Crippen LogP contribution is 2.28. The Morgan fingerprint density at radius 1 is 1.12 bits per heavy atom. The van der Waals surface area contributed by atoms with Crippen LogP contribution in [-0.2, 0) is 7.05 Å². The molecule has 1 aliphatic carbocycles. The number of pyridine rings is 1. The zero-order valence-electron chi connectivity index (χ0n) is 18.4. The summed E-state index contributed by atoms with van der Waals surface area (Å²) in [6.07, 6.45) is 7.31. The monoisotopic (exact) mass is 441 g/mol. The molecule has 0 bridgehead atoms. The lowest BCUT2D eigenvalue weighted by Crippen LogP contribution is -2.48. The van der Waals surface area contributed by atoms with Crippen LogP contribution >= 0.6 is 0 Å². The number of aliphatic hydroxyl groups excluding tert-OH is 1. The van der Waals surface area contributed by atoms with E-state index in [0.717, 1.165) is 45.1 Å². The molecule has 3 heterocycles. The van der Waals surface area contributed by atoms with Crippen molar-refractivity contribution in [1.82, 2.24) is 19.7 Å². The molecule has 4 rings (SSSR count). The Bertz CT molecular complexity index is 1080. The second-order valence-corrected chi connectivity index (χ2v) is 8.78. The summed E-state index contributed by atoms with van der Waals surface area (Å²) in [5, 5.41) is 17.9. The quantitative estimate of drug-likeness (QED) is 0.722. The topological polar surface area (TPSA) is 109 Å². The number of aromatic nitrogens is 3. The van der Waals surface area contributed by atoms with Crippen molar-refractivity contribution in [3.63, 3.8) is 0 Å². The number of aryl methyl sites for hydroxylation is 1. The van der Waals surface area contributed by atoms with Crippen molar-refractivity contribution in [3.05, 3.63) is 56.7 Å². The van der Waals surface area contributed by atoms with E-state index in [1.165, 1.54) is 21.4 Å². The molecule has 2 aromatic rings. The van der Waals surface area contributed by atoms with Crippen LogP contribution in [0, 0.1) is 0 Å². The molecule has 2 N–H and O–H groups in total. The van der Waals surface area contributed by atoms with Gasteiger partial charge in [0.2, 0.25) is 0 Å². The van der Waals surface area contributed by atoms with E-state index in [0.29, 0.717) is 18.8 Å². The van der Waals surface area contributed by atoms with Gasteiger partial charge in [-0.05, 0) is 50.3 Å². The highest BCUT2D eigenvalue weighted by Gasteiger charge is 2.29. The predicted molar refractivity (Wildman–Crippen MR) is 121 cm³/mol. The maximum absolute atomic E-state index is 12.6. The fourth-order valence-electron chi connectivity index (χ4n) is 4.77. The molecule has 1 aliphatic heterocycles. The molecular weight excluding hydrogens is 410 g/mol. The first kappa shape index (κ1) is 22.3. The summed E-state index contributed by atoms with van der Waals surface area (Å²) >= 11 is 0. The van der Waals surface area contributed by atoms with E-state index >= 15 is 0 Å². The number of anilines is 1. The van der Waals surface area contributed by atoms with E-state index in [9.17, 15) is 19.5 Å². The Hall–Kier alpha value is -2.94. The van der Waals surface area contributed by atoms with E-state index in [4.69, 9.17) is 0 Å². The van der Waals surface area contributed by atoms with Crippen molar-refractivity contribution >= 4 is 11.7 Å². The average molecular weight is 442 g/mol. The van der Waals surface area contributed by atoms with Crippen LogP contribution in [-0.4, -0.2) is 50.6 Å². The minimum absolute atomic E-state index is 0.00926. The first-order chi connectivity index (χ1) is 15.5. The molecule has 0 spiro atoms. The number of rotatable bonds is 5. The maximum atomic E-state index is 12.6. The Morgan fingerprint density at radius 3 is 2.72 bits per heavy atom. The van der Waals surface area contributed by atoms with Gasteiger partial charge in [0.25, 0.3) is 17.0 Å². The van der Waals surface area contributed by atoms with Gasteiger partial charge in [0, 0.05) is 38.4 Å². The summed E-state index contributed by atoms with van der Waals surface area (Å²) in [6.45, 7) is 1.15. The third kappa shape index (κ3) is 4.62. The summed E-state index contributed by atoms with van der Waals surface area (Å²) < 4.78 is 2.83. The smallest absolute Gasteiger partial charge is 0.267 e. The van der Waals surface area contributed by atoms with E-state index in [1.54, 1.807) is 25.4 Å². The van der Waals surface area contributed by atoms with Gasteiger partial charge in [0.05, 0.1) is 12.1 Å². The van der Waals surface area contributed by atoms with Crippen molar-refractivity contribution in [2.24, 2.45) is 7.05 Å². The van der Waals surface area contributed by atoms with Crippen molar-refractivity contribution in [2.75, 3.05) is 18.0 Å². The van der Waals surface area contributed by atoms with Gasteiger partial charge >= 0.3 is 0 Å². The van der Waals surface area contributed by atoms with Gasteiger partial charge in [-0.25, -0.2) is 4.68 Å². The Kier molecular flexibility index (Phi) is 6.74. The first-order valence-electron chi connectivity index (χ1n) is 11.4. The zero-order valence-corrected chi connectivity index (χ0v) is 18.4. The van der Waals surface area contributed by atoms with E-state index in [2.05, 4.69) is 15.3 Å². The van der Waals surface area contributed by atoms with Crippen LogP contribution in [0.1, 0.15) is 61.3 Å². The molecule has 32 heavy (non-hydrogen) atoms. The summed E-state index contributed by atoms with van der Waals surface area (Å²) in [5.74, 6) is 0.289. The highest BCUT2D eigenvalue weighted by atomic mass is 16.3. The second kappa shape index (κ2) is 9.68. The molecule has 0 radical (unpaired) electrons. The molecule has 2 aromatic heterocycles.